The van der Waals surface area contributed by atoms with Crippen LogP contribution in [0.3, 0.4) is 0 Å². The van der Waals surface area contributed by atoms with Crippen molar-refractivity contribution < 1.29 is 9.84 Å². The molecule has 0 spiro atoms. The van der Waals surface area contributed by atoms with Gasteiger partial charge in [0.05, 0.1) is 18.8 Å². The van der Waals surface area contributed by atoms with Gasteiger partial charge in [-0.1, -0.05) is 5.11 Å². The zero-order valence-corrected chi connectivity index (χ0v) is 9.38. The number of nitrogen functional groups attached to an aromatic ring is 1. The number of aliphatic hydroxyl groups is 1. The lowest BCUT2D eigenvalue weighted by Gasteiger charge is -2.14. The maximum absolute atomic E-state index is 11.6. The molecular formula is C9H12N6O3. The molecule has 1 aromatic heterocycles. The van der Waals surface area contributed by atoms with Crippen molar-refractivity contribution in [1.82, 2.24) is 9.55 Å². The normalized spacial score (nSPS) is 26.8. The molecule has 1 aliphatic rings. The molecular weight excluding hydrogens is 240 g/mol. The molecule has 9 heteroatoms. The van der Waals surface area contributed by atoms with E-state index in [0.29, 0.717) is 6.42 Å². The van der Waals surface area contributed by atoms with Gasteiger partial charge in [-0.3, -0.25) is 4.57 Å². The molecule has 3 atom stereocenters. The Morgan fingerprint density at radius 3 is 3.17 bits per heavy atom. The van der Waals surface area contributed by atoms with E-state index in [1.165, 1.54) is 16.8 Å². The van der Waals surface area contributed by atoms with Crippen molar-refractivity contribution in [1.29, 1.82) is 0 Å². The van der Waals surface area contributed by atoms with E-state index in [2.05, 4.69) is 15.0 Å². The standard InChI is InChI=1S/C9H12N6O3/c10-7-1-2-15(9(17)12-7)8-3-5(13-14-11)6(4-16)18-8/h1-2,5-6,8,16H,3-4H2,(H2,10,12,17)/t5-,6-,8-/m0/s1. The van der Waals surface area contributed by atoms with Crippen LogP contribution < -0.4 is 11.4 Å². The minimum Gasteiger partial charge on any atom is -0.394 e. The maximum Gasteiger partial charge on any atom is 0.351 e. The summed E-state index contributed by atoms with van der Waals surface area (Å²) in [6.07, 6.45) is 0.539. The number of anilines is 1. The number of nitrogens with zero attached hydrogens (tertiary/aromatic N) is 5. The van der Waals surface area contributed by atoms with Gasteiger partial charge in [-0.05, 0) is 11.6 Å². The summed E-state index contributed by atoms with van der Waals surface area (Å²) in [6.45, 7) is -0.280. The van der Waals surface area contributed by atoms with E-state index >= 15 is 0 Å². The molecule has 1 saturated heterocycles. The third-order valence-electron chi connectivity index (χ3n) is 2.75. The molecule has 3 N–H and O–H groups in total. The second-order valence-electron chi connectivity index (χ2n) is 3.86. The summed E-state index contributed by atoms with van der Waals surface area (Å²) in [4.78, 5) is 17.9. The lowest BCUT2D eigenvalue weighted by molar-refractivity contribution is -0.0269. The summed E-state index contributed by atoms with van der Waals surface area (Å²) in [6, 6.07) is 0.967. The van der Waals surface area contributed by atoms with Crippen LogP contribution in [0.15, 0.2) is 22.2 Å². The quantitative estimate of drug-likeness (QED) is 0.435. The van der Waals surface area contributed by atoms with Gasteiger partial charge in [-0.15, -0.1) is 0 Å². The van der Waals surface area contributed by atoms with Gasteiger partial charge in [-0.2, -0.15) is 4.98 Å². The minimum absolute atomic E-state index is 0.125. The Kier molecular flexibility index (Phi) is 3.47. The molecule has 2 heterocycles. The Balaban J connectivity index is 2.25. The van der Waals surface area contributed by atoms with E-state index in [0.717, 1.165) is 0 Å². The summed E-state index contributed by atoms with van der Waals surface area (Å²) >= 11 is 0. The van der Waals surface area contributed by atoms with E-state index in [1.54, 1.807) is 0 Å². The lowest BCUT2D eigenvalue weighted by Crippen LogP contribution is -2.27. The smallest absolute Gasteiger partial charge is 0.351 e. The highest BCUT2D eigenvalue weighted by molar-refractivity contribution is 5.23. The van der Waals surface area contributed by atoms with Crippen molar-refractivity contribution in [2.45, 2.75) is 24.8 Å². The summed E-state index contributed by atoms with van der Waals surface area (Å²) in [5.41, 5.74) is 13.3. The van der Waals surface area contributed by atoms with Gasteiger partial charge in [0.25, 0.3) is 0 Å². The first kappa shape index (κ1) is 12.4. The minimum atomic E-state index is -0.615. The van der Waals surface area contributed by atoms with E-state index in [9.17, 15) is 4.79 Å². The molecule has 0 amide bonds. The van der Waals surface area contributed by atoms with Gasteiger partial charge in [0.15, 0.2) is 0 Å². The first-order valence-electron chi connectivity index (χ1n) is 5.31. The second-order valence-corrected chi connectivity index (χ2v) is 3.86. The van der Waals surface area contributed by atoms with E-state index in [1.807, 2.05) is 0 Å². The van der Waals surface area contributed by atoms with E-state index < -0.39 is 24.1 Å². The molecule has 0 aliphatic carbocycles. The van der Waals surface area contributed by atoms with Crippen molar-refractivity contribution >= 4 is 5.82 Å². The fourth-order valence-electron chi connectivity index (χ4n) is 1.88. The van der Waals surface area contributed by atoms with Crippen LogP contribution in [0.1, 0.15) is 12.6 Å². The van der Waals surface area contributed by atoms with Crippen molar-refractivity contribution in [2.24, 2.45) is 5.11 Å². The summed E-state index contributed by atoms with van der Waals surface area (Å²) in [5.74, 6) is 0.125. The molecule has 2 rings (SSSR count). The number of ether oxygens (including phenoxy) is 1. The maximum atomic E-state index is 11.6. The number of hydrogen-bond acceptors (Lipinski definition) is 6. The van der Waals surface area contributed by atoms with Crippen LogP contribution in [0.5, 0.6) is 0 Å². The Bertz CT molecular complexity index is 537. The van der Waals surface area contributed by atoms with Crippen LogP contribution in [-0.4, -0.2) is 33.4 Å². The molecule has 1 aromatic rings. The number of azide groups is 1. The Morgan fingerprint density at radius 1 is 1.78 bits per heavy atom. The zero-order valence-electron chi connectivity index (χ0n) is 9.38. The molecule has 0 radical (unpaired) electrons. The Labute approximate surface area is 101 Å². The van der Waals surface area contributed by atoms with Crippen LogP contribution in [0.4, 0.5) is 5.82 Å². The van der Waals surface area contributed by atoms with Gasteiger partial charge in [0.2, 0.25) is 0 Å². The highest BCUT2D eigenvalue weighted by Crippen LogP contribution is 2.29. The number of aliphatic hydroxyl groups excluding tert-OH is 1. The first-order chi connectivity index (χ1) is 8.65. The van der Waals surface area contributed by atoms with Crippen LogP contribution in [0.2, 0.25) is 0 Å². The van der Waals surface area contributed by atoms with Gasteiger partial charge >= 0.3 is 5.69 Å². The second kappa shape index (κ2) is 5.05. The molecule has 0 unspecified atom stereocenters. The van der Waals surface area contributed by atoms with Gasteiger partial charge in [-0.25, -0.2) is 4.79 Å². The first-order valence-corrected chi connectivity index (χ1v) is 5.31. The predicted molar refractivity (Wildman–Crippen MR) is 61.5 cm³/mol. The monoisotopic (exact) mass is 252 g/mol. The number of rotatable bonds is 3. The topological polar surface area (TPSA) is 139 Å². The highest BCUT2D eigenvalue weighted by Gasteiger charge is 2.35. The zero-order chi connectivity index (χ0) is 13.1. The molecule has 0 bridgehead atoms. The average Bonchev–Trinajstić information content (AvgIpc) is 2.72. The average molecular weight is 252 g/mol. The largest absolute Gasteiger partial charge is 0.394 e. The number of nitrogens with two attached hydrogens (primary N) is 1. The van der Waals surface area contributed by atoms with Gasteiger partial charge in [0, 0.05) is 17.5 Å². The van der Waals surface area contributed by atoms with E-state index in [4.69, 9.17) is 21.1 Å². The van der Waals surface area contributed by atoms with Crippen molar-refractivity contribution in [3.8, 4) is 0 Å². The third kappa shape index (κ3) is 2.28. The summed E-state index contributed by atoms with van der Waals surface area (Å²) in [5, 5.41) is 12.6. The molecule has 96 valence electrons. The van der Waals surface area contributed by atoms with Crippen LogP contribution in [-0.2, 0) is 4.74 Å². The van der Waals surface area contributed by atoms with Crippen molar-refractivity contribution in [3.63, 3.8) is 0 Å². The fourth-order valence-corrected chi connectivity index (χ4v) is 1.88. The molecule has 0 saturated carbocycles. The van der Waals surface area contributed by atoms with Crippen molar-refractivity contribution in [3.05, 3.63) is 33.2 Å². The summed E-state index contributed by atoms with van der Waals surface area (Å²) in [7, 11) is 0. The Hall–Kier alpha value is -2.09. The highest BCUT2D eigenvalue weighted by atomic mass is 16.5. The number of aromatic nitrogens is 2. The molecule has 1 fully saturated rings. The van der Waals surface area contributed by atoms with Crippen molar-refractivity contribution in [2.75, 3.05) is 12.3 Å². The Morgan fingerprint density at radius 2 is 2.56 bits per heavy atom. The van der Waals surface area contributed by atoms with Gasteiger partial charge < -0.3 is 15.6 Å². The fraction of sp³-hybridized carbons (Fsp3) is 0.556. The summed E-state index contributed by atoms with van der Waals surface area (Å²) < 4.78 is 6.71. The van der Waals surface area contributed by atoms with Crippen LogP contribution in [0.25, 0.3) is 10.4 Å². The predicted octanol–water partition coefficient (Wildman–Crippen LogP) is -0.216. The molecule has 9 nitrogen and oxygen atoms in total. The molecule has 18 heavy (non-hydrogen) atoms. The molecule has 0 aromatic carbocycles. The number of hydrogen-bond donors (Lipinski definition) is 2. The molecule has 1 aliphatic heterocycles. The van der Waals surface area contributed by atoms with E-state index in [-0.39, 0.29) is 12.4 Å². The van der Waals surface area contributed by atoms with Crippen LogP contribution in [0, 0.1) is 0 Å². The third-order valence-corrected chi connectivity index (χ3v) is 2.75. The lowest BCUT2D eigenvalue weighted by atomic mass is 10.1. The van der Waals surface area contributed by atoms with Crippen LogP contribution >= 0.6 is 0 Å². The van der Waals surface area contributed by atoms with Gasteiger partial charge in [0.1, 0.15) is 12.0 Å². The SMILES string of the molecule is [N-]=[N+]=N[C@H]1C[C@@H](n2ccc(N)nc2=O)O[C@H]1CO.